The number of fused-ring (bicyclic) bond motifs is 1. The summed E-state index contributed by atoms with van der Waals surface area (Å²) in [5.41, 5.74) is 0.864. The van der Waals surface area contributed by atoms with E-state index in [-0.39, 0.29) is 29.8 Å². The van der Waals surface area contributed by atoms with Crippen molar-refractivity contribution >= 4 is 5.91 Å². The lowest BCUT2D eigenvalue weighted by Gasteiger charge is -2.25. The van der Waals surface area contributed by atoms with E-state index in [1.54, 1.807) is 28.8 Å². The summed E-state index contributed by atoms with van der Waals surface area (Å²) in [5, 5.41) is 0. The second-order valence-electron chi connectivity index (χ2n) is 10.2. The Bertz CT molecular complexity index is 1310. The van der Waals surface area contributed by atoms with Gasteiger partial charge in [-0.2, -0.15) is 13.2 Å². The van der Waals surface area contributed by atoms with Crippen molar-refractivity contribution < 1.29 is 35.9 Å². The van der Waals surface area contributed by atoms with Crippen LogP contribution in [0.25, 0.3) is 0 Å². The summed E-state index contributed by atoms with van der Waals surface area (Å²) in [6, 6.07) is 10.7. The highest BCUT2D eigenvalue weighted by Crippen LogP contribution is 2.52. The number of piperidine rings is 1. The second-order valence-corrected chi connectivity index (χ2v) is 10.2. The summed E-state index contributed by atoms with van der Waals surface area (Å²) in [6.07, 6.45) is -6.09. The van der Waals surface area contributed by atoms with Gasteiger partial charge < -0.3 is 14.2 Å². The van der Waals surface area contributed by atoms with Crippen molar-refractivity contribution in [1.29, 1.82) is 0 Å². The highest BCUT2D eigenvalue weighted by molar-refractivity contribution is 5.92. The van der Waals surface area contributed by atoms with E-state index < -0.39 is 18.1 Å². The maximum absolute atomic E-state index is 13.3. The van der Waals surface area contributed by atoms with E-state index in [0.717, 1.165) is 30.8 Å². The van der Waals surface area contributed by atoms with Crippen molar-refractivity contribution in [2.24, 2.45) is 24.8 Å². The second kappa shape index (κ2) is 10.2. The molecule has 0 bridgehead atoms. The van der Waals surface area contributed by atoms with Crippen LogP contribution < -0.4 is 4.74 Å². The number of hydrogen-bond acceptors (Lipinski definition) is 4. The van der Waals surface area contributed by atoms with Crippen molar-refractivity contribution in [1.82, 2.24) is 19.4 Å². The van der Waals surface area contributed by atoms with Gasteiger partial charge in [-0.15, -0.1) is 13.2 Å². The number of halogens is 6. The van der Waals surface area contributed by atoms with Crippen LogP contribution in [-0.2, 0) is 26.3 Å². The predicted octanol–water partition coefficient (Wildman–Crippen LogP) is 5.36. The molecule has 208 valence electrons. The van der Waals surface area contributed by atoms with Crippen LogP contribution in [0.2, 0.25) is 0 Å². The predicted molar refractivity (Wildman–Crippen MR) is 128 cm³/mol. The summed E-state index contributed by atoms with van der Waals surface area (Å²) >= 11 is 0. The van der Waals surface area contributed by atoms with Crippen LogP contribution in [0.5, 0.6) is 5.75 Å². The van der Waals surface area contributed by atoms with Crippen molar-refractivity contribution in [2.75, 3.05) is 19.6 Å². The van der Waals surface area contributed by atoms with Crippen LogP contribution in [-0.4, -0.2) is 51.3 Å². The van der Waals surface area contributed by atoms with Gasteiger partial charge in [0.25, 0.3) is 5.91 Å². The summed E-state index contributed by atoms with van der Waals surface area (Å²) < 4.78 is 82.2. The maximum Gasteiger partial charge on any atom is 0.573 e. The molecule has 1 amide bonds. The van der Waals surface area contributed by atoms with Gasteiger partial charge in [0.1, 0.15) is 11.4 Å². The first kappa shape index (κ1) is 27.0. The number of nitrogens with zero attached hydrogens (tertiary/aromatic N) is 4. The first-order valence-corrected chi connectivity index (χ1v) is 12.4. The Morgan fingerprint density at radius 2 is 1.72 bits per heavy atom. The lowest BCUT2D eigenvalue weighted by Crippen LogP contribution is -2.35. The average Bonchev–Trinajstić information content (AvgIpc) is 3.16. The fourth-order valence-corrected chi connectivity index (χ4v) is 5.41. The summed E-state index contributed by atoms with van der Waals surface area (Å²) in [6.45, 7) is 2.58. The van der Waals surface area contributed by atoms with Crippen LogP contribution in [0.4, 0.5) is 26.3 Å². The van der Waals surface area contributed by atoms with Crippen molar-refractivity contribution in [3.63, 3.8) is 0 Å². The van der Waals surface area contributed by atoms with Crippen LogP contribution in [0.3, 0.4) is 0 Å². The third-order valence-electron chi connectivity index (χ3n) is 7.28. The highest BCUT2D eigenvalue weighted by atomic mass is 19.4. The minimum Gasteiger partial charge on any atom is -0.406 e. The highest BCUT2D eigenvalue weighted by Gasteiger charge is 2.56. The number of imidazole rings is 1. The Morgan fingerprint density at radius 3 is 2.31 bits per heavy atom. The Kier molecular flexibility index (Phi) is 7.08. The molecule has 0 spiro atoms. The zero-order valence-corrected chi connectivity index (χ0v) is 20.9. The molecule has 2 aromatic carbocycles. The van der Waals surface area contributed by atoms with Gasteiger partial charge in [0.2, 0.25) is 0 Å². The zero-order valence-electron chi connectivity index (χ0n) is 20.9. The molecule has 1 aliphatic heterocycles. The molecule has 2 atom stereocenters. The van der Waals surface area contributed by atoms with Crippen molar-refractivity contribution in [3.05, 3.63) is 83.4 Å². The number of amides is 1. The minimum atomic E-state index is -4.82. The molecule has 1 saturated carbocycles. The van der Waals surface area contributed by atoms with Crippen LogP contribution in [0, 0.1) is 17.8 Å². The normalized spacial score (nSPS) is 21.1. The smallest absolute Gasteiger partial charge is 0.406 e. The number of likely N-dealkylation sites (tertiary alicyclic amines) is 1. The largest absolute Gasteiger partial charge is 0.573 e. The Morgan fingerprint density at radius 1 is 1.03 bits per heavy atom. The number of hydrogen-bond donors (Lipinski definition) is 0. The SMILES string of the molecule is Cn1cnc(C(=O)N(Cc2cccc(OC(F)(F)F)c2)CC2C3CN(Cc4ccc(C(F)(F)F)cc4)CC32)c1. The minimum absolute atomic E-state index is 0.0929. The molecule has 2 heterocycles. The van der Waals surface area contributed by atoms with Gasteiger partial charge in [-0.25, -0.2) is 4.98 Å². The van der Waals surface area contributed by atoms with Crippen LogP contribution in [0.15, 0.2) is 61.1 Å². The number of carbonyl (C=O) groups excluding carboxylic acids is 1. The molecule has 39 heavy (non-hydrogen) atoms. The molecule has 1 saturated heterocycles. The van der Waals surface area contributed by atoms with Crippen molar-refractivity contribution in [3.8, 4) is 5.75 Å². The molecule has 2 unspecified atom stereocenters. The Hall–Kier alpha value is -3.54. The van der Waals surface area contributed by atoms with E-state index in [4.69, 9.17) is 0 Å². The number of rotatable bonds is 8. The number of aromatic nitrogens is 2. The number of ether oxygens (including phenoxy) is 1. The Labute approximate surface area is 220 Å². The molecule has 0 N–H and O–H groups in total. The summed E-state index contributed by atoms with van der Waals surface area (Å²) in [4.78, 5) is 21.3. The summed E-state index contributed by atoms with van der Waals surface area (Å²) in [7, 11) is 1.74. The van der Waals surface area contributed by atoms with Gasteiger partial charge in [-0.1, -0.05) is 24.3 Å². The first-order chi connectivity index (χ1) is 18.4. The van der Waals surface area contributed by atoms with E-state index in [2.05, 4.69) is 14.6 Å². The third-order valence-corrected chi connectivity index (χ3v) is 7.28. The average molecular weight is 553 g/mol. The fourth-order valence-electron chi connectivity index (χ4n) is 5.41. The molecule has 2 aliphatic rings. The lowest BCUT2D eigenvalue weighted by atomic mass is 10.1. The van der Waals surface area contributed by atoms with E-state index in [1.165, 1.54) is 36.7 Å². The van der Waals surface area contributed by atoms with Gasteiger partial charge >= 0.3 is 12.5 Å². The molecule has 12 heteroatoms. The molecule has 1 aromatic heterocycles. The van der Waals surface area contributed by atoms with Crippen molar-refractivity contribution in [2.45, 2.75) is 25.6 Å². The number of benzene rings is 2. The molecule has 3 aromatic rings. The maximum atomic E-state index is 13.3. The zero-order chi connectivity index (χ0) is 27.9. The molecule has 6 nitrogen and oxygen atoms in total. The topological polar surface area (TPSA) is 50.6 Å². The van der Waals surface area contributed by atoms with E-state index in [0.29, 0.717) is 30.5 Å². The molecule has 0 radical (unpaired) electrons. The molecule has 2 fully saturated rings. The molecule has 1 aliphatic carbocycles. The fraction of sp³-hybridized carbons (Fsp3) is 0.407. The molecular formula is C27H26F6N4O2. The monoisotopic (exact) mass is 552 g/mol. The number of aryl methyl sites for hydroxylation is 1. The molecule has 5 rings (SSSR count). The number of alkyl halides is 6. The quantitative estimate of drug-likeness (QED) is 0.354. The van der Waals surface area contributed by atoms with E-state index in [1.807, 2.05) is 0 Å². The lowest BCUT2D eigenvalue weighted by molar-refractivity contribution is -0.274. The Balaban J connectivity index is 1.23. The first-order valence-electron chi connectivity index (χ1n) is 12.4. The van der Waals surface area contributed by atoms with Gasteiger partial charge in [0.05, 0.1) is 11.9 Å². The number of carbonyl (C=O) groups is 1. The third kappa shape index (κ3) is 6.55. The standard InChI is InChI=1S/C27H26F6N4O2/c1-35-15-24(34-16-35)25(38)37(11-18-3-2-4-20(9-18)39-27(31,32)33)14-23-21-12-36(13-22(21)23)10-17-5-7-19(8-6-17)26(28,29)30/h2-9,15-16,21-23H,10-14H2,1H3. The van der Waals surface area contributed by atoms with Gasteiger partial charge in [0.15, 0.2) is 0 Å². The molecular weight excluding hydrogens is 526 g/mol. The van der Waals surface area contributed by atoms with E-state index >= 15 is 0 Å². The van der Waals surface area contributed by atoms with Crippen LogP contribution in [0.1, 0.15) is 27.2 Å². The van der Waals surface area contributed by atoms with E-state index in [9.17, 15) is 31.1 Å². The van der Waals surface area contributed by atoms with Crippen LogP contribution >= 0.6 is 0 Å². The summed E-state index contributed by atoms with van der Waals surface area (Å²) in [5.74, 6) is 0.213. The van der Waals surface area contributed by atoms with Gasteiger partial charge in [0, 0.05) is 46.0 Å². The van der Waals surface area contributed by atoms with Gasteiger partial charge in [-0.3, -0.25) is 9.69 Å². The van der Waals surface area contributed by atoms with Gasteiger partial charge in [-0.05, 0) is 53.1 Å².